The number of aliphatic imine (C=N–C) groups is 1. The van der Waals surface area contributed by atoms with Gasteiger partial charge in [0.05, 0.1) is 5.37 Å². The molecule has 0 saturated carbocycles. The smallest absolute Gasteiger partial charge is 0.862 e. The zero-order valence-corrected chi connectivity index (χ0v) is 15.3. The van der Waals surface area contributed by atoms with Crippen LogP contribution in [-0.2, 0) is 16.0 Å². The van der Waals surface area contributed by atoms with Crippen LogP contribution in [0.25, 0.3) is 0 Å². The number of carboxylic acid groups (broad SMARTS) is 1. The van der Waals surface area contributed by atoms with Crippen LogP contribution in [0, 0.1) is 0 Å². The van der Waals surface area contributed by atoms with Crippen molar-refractivity contribution in [3.8, 4) is 0 Å². The van der Waals surface area contributed by atoms with Crippen LogP contribution in [0.3, 0.4) is 0 Å². The van der Waals surface area contributed by atoms with Crippen molar-refractivity contribution in [3.63, 3.8) is 0 Å². The van der Waals surface area contributed by atoms with Crippen LogP contribution >= 0.6 is 11.8 Å². The van der Waals surface area contributed by atoms with Crippen molar-refractivity contribution < 1.29 is 49.4 Å². The Morgan fingerprint density at radius 3 is 2.74 bits per heavy atom. The van der Waals surface area contributed by atoms with Crippen molar-refractivity contribution in [2.75, 3.05) is 0 Å². The molecule has 0 aliphatic carbocycles. The van der Waals surface area contributed by atoms with Crippen molar-refractivity contribution in [2.45, 2.75) is 23.6 Å². The molecule has 1 amide bonds. The predicted molar refractivity (Wildman–Crippen MR) is 79.9 cm³/mol. The van der Waals surface area contributed by atoms with E-state index in [1.54, 1.807) is 0 Å². The van der Waals surface area contributed by atoms with E-state index < -0.39 is 17.3 Å². The van der Waals surface area contributed by atoms with Crippen molar-refractivity contribution in [3.05, 3.63) is 47.7 Å². The third-order valence-electron chi connectivity index (χ3n) is 3.47. The van der Waals surface area contributed by atoms with Gasteiger partial charge >= 0.3 is 35.5 Å². The number of carbonyl (C=O) groups excluding carboxylic acids is 1. The van der Waals surface area contributed by atoms with Crippen LogP contribution in [-0.4, -0.2) is 38.5 Å². The first kappa shape index (κ1) is 18.1. The Morgan fingerprint density at radius 1 is 1.39 bits per heavy atom. The molecule has 0 spiro atoms. The molecule has 0 radical (unpaired) electrons. The average Bonchev–Trinajstić information content (AvgIpc) is 3.02. The van der Waals surface area contributed by atoms with E-state index in [0.717, 1.165) is 5.56 Å². The van der Waals surface area contributed by atoms with Gasteiger partial charge in [-0.15, -0.1) is 0 Å². The topological polar surface area (TPSA) is 93.0 Å². The number of rotatable bonds is 4. The summed E-state index contributed by atoms with van der Waals surface area (Å²) >= 11 is 1.22. The number of hydrogen-bond acceptors (Lipinski definition) is 5. The number of aliphatic carboxylic acids is 1. The van der Waals surface area contributed by atoms with Crippen molar-refractivity contribution in [1.82, 2.24) is 4.90 Å². The van der Waals surface area contributed by atoms with Crippen molar-refractivity contribution >= 4 is 29.5 Å². The Labute approximate surface area is 159 Å². The Kier molecular flexibility index (Phi) is 5.91. The molecule has 0 unspecified atom stereocenters. The maximum absolute atomic E-state index is 12.2. The van der Waals surface area contributed by atoms with Gasteiger partial charge in [-0.1, -0.05) is 48.2 Å². The molecule has 1 saturated heterocycles. The molecule has 8 heteroatoms. The third kappa shape index (κ3) is 3.80. The van der Waals surface area contributed by atoms with Gasteiger partial charge < -0.3 is 10.2 Å². The zero-order valence-electron chi connectivity index (χ0n) is 12.5. The van der Waals surface area contributed by atoms with E-state index >= 15 is 0 Å². The number of benzene rings is 1. The molecule has 1 aromatic rings. The molecule has 0 aromatic heterocycles. The van der Waals surface area contributed by atoms with Gasteiger partial charge in [0.25, 0.3) is 5.91 Å². The van der Waals surface area contributed by atoms with Gasteiger partial charge in [0.1, 0.15) is 5.70 Å². The second-order valence-electron chi connectivity index (χ2n) is 4.97. The molecule has 3 rings (SSSR count). The molecule has 2 aliphatic heterocycles. The molecule has 2 heterocycles. The SMILES string of the molecule is O=C(O)C1=CC[C@@H]2S[C@@H](N=C([O-])Cc3ccccc3)C(=O)N12.[Na+]. The second kappa shape index (κ2) is 7.53. The van der Waals surface area contributed by atoms with Gasteiger partial charge in [0.15, 0.2) is 5.37 Å². The molecular weight excluding hydrogens is 327 g/mol. The molecule has 6 nitrogen and oxygen atoms in total. The summed E-state index contributed by atoms with van der Waals surface area (Å²) < 4.78 is 0. The summed E-state index contributed by atoms with van der Waals surface area (Å²) in [7, 11) is 0. The number of thioether (sulfide) groups is 1. The Hall–Kier alpha value is -1.28. The van der Waals surface area contributed by atoms with E-state index in [-0.39, 0.29) is 52.9 Å². The Bertz CT molecular complexity index is 677. The molecule has 1 N–H and O–H groups in total. The number of fused-ring (bicyclic) bond motifs is 1. The molecule has 0 bridgehead atoms. The third-order valence-corrected chi connectivity index (χ3v) is 4.76. The first-order valence-electron chi connectivity index (χ1n) is 6.76. The first-order valence-corrected chi connectivity index (χ1v) is 7.70. The fourth-order valence-electron chi connectivity index (χ4n) is 2.50. The van der Waals surface area contributed by atoms with Crippen LogP contribution in [0.4, 0.5) is 0 Å². The van der Waals surface area contributed by atoms with Crippen LogP contribution in [0.5, 0.6) is 0 Å². The molecule has 2 atom stereocenters. The van der Waals surface area contributed by atoms with Gasteiger partial charge in [-0.3, -0.25) is 14.7 Å². The fourth-order valence-corrected chi connectivity index (χ4v) is 3.75. The number of amides is 1. The Morgan fingerprint density at radius 2 is 2.09 bits per heavy atom. The number of carbonyl (C=O) groups is 2. The summed E-state index contributed by atoms with van der Waals surface area (Å²) in [4.78, 5) is 28.5. The van der Waals surface area contributed by atoms with E-state index in [1.165, 1.54) is 22.7 Å². The molecule has 114 valence electrons. The van der Waals surface area contributed by atoms with Gasteiger partial charge in [-0.2, -0.15) is 0 Å². The molecule has 23 heavy (non-hydrogen) atoms. The quantitative estimate of drug-likeness (QED) is 0.374. The van der Waals surface area contributed by atoms with Gasteiger partial charge in [-0.25, -0.2) is 4.79 Å². The predicted octanol–water partition coefficient (Wildman–Crippen LogP) is -2.41. The van der Waals surface area contributed by atoms with E-state index in [0.29, 0.717) is 6.42 Å². The molecule has 1 fully saturated rings. The number of hydrogen-bond donors (Lipinski definition) is 1. The summed E-state index contributed by atoms with van der Waals surface area (Å²) in [5, 5.41) is 19.9. The number of nitrogens with zero attached hydrogens (tertiary/aromatic N) is 2. The van der Waals surface area contributed by atoms with Crippen LogP contribution < -0.4 is 34.7 Å². The van der Waals surface area contributed by atoms with Crippen LogP contribution in [0.2, 0.25) is 0 Å². The zero-order chi connectivity index (χ0) is 15.7. The number of carboxylic acids is 1. The van der Waals surface area contributed by atoms with Gasteiger partial charge in [0, 0.05) is 6.42 Å². The van der Waals surface area contributed by atoms with E-state index in [2.05, 4.69) is 4.99 Å². The van der Waals surface area contributed by atoms with E-state index in [9.17, 15) is 14.7 Å². The van der Waals surface area contributed by atoms with E-state index in [4.69, 9.17) is 5.11 Å². The largest absolute Gasteiger partial charge is 1.00 e. The maximum Gasteiger partial charge on any atom is 1.00 e. The van der Waals surface area contributed by atoms with Gasteiger partial charge in [-0.05, 0) is 17.9 Å². The summed E-state index contributed by atoms with van der Waals surface area (Å²) in [6.07, 6.45) is 2.13. The fraction of sp³-hybridized carbons (Fsp3) is 0.267. The minimum Gasteiger partial charge on any atom is -0.862 e. The van der Waals surface area contributed by atoms with Crippen molar-refractivity contribution in [2.24, 2.45) is 4.99 Å². The normalized spacial score (nSPS) is 23.3. The molecule has 1 aromatic carbocycles. The standard InChI is InChI=1S/C15H14N2O4S.Na/c18-11(8-9-4-2-1-3-5-9)16-13-14(19)17-10(15(20)21)6-7-12(17)22-13;/h1-6,12-13H,7-8H2,(H,16,18)(H,20,21);/q;+1/p-1/t12-,13+;/m0./s1. The first-order chi connectivity index (χ1) is 10.6. The van der Waals surface area contributed by atoms with E-state index in [1.807, 2.05) is 30.3 Å². The average molecular weight is 340 g/mol. The Balaban J connectivity index is 0.00000192. The maximum atomic E-state index is 12.2. The summed E-state index contributed by atoms with van der Waals surface area (Å²) in [6.45, 7) is 0. The summed E-state index contributed by atoms with van der Waals surface area (Å²) in [6, 6.07) is 9.16. The summed E-state index contributed by atoms with van der Waals surface area (Å²) in [5.74, 6) is -1.94. The minimum atomic E-state index is -1.13. The summed E-state index contributed by atoms with van der Waals surface area (Å²) in [5.41, 5.74) is 0.814. The molecular formula is C15H13N2NaO4S. The van der Waals surface area contributed by atoms with Gasteiger partial charge in [0.2, 0.25) is 0 Å². The molecule has 2 aliphatic rings. The van der Waals surface area contributed by atoms with Crippen LogP contribution in [0.1, 0.15) is 12.0 Å². The monoisotopic (exact) mass is 340 g/mol. The van der Waals surface area contributed by atoms with Crippen LogP contribution in [0.15, 0.2) is 47.1 Å². The minimum absolute atomic E-state index is 0. The second-order valence-corrected chi connectivity index (χ2v) is 6.23. The van der Waals surface area contributed by atoms with Crippen molar-refractivity contribution in [1.29, 1.82) is 0 Å².